The summed E-state index contributed by atoms with van der Waals surface area (Å²) in [4.78, 5) is 17.8. The summed E-state index contributed by atoms with van der Waals surface area (Å²) in [6.45, 7) is 3.14. The molecule has 0 N–H and O–H groups in total. The highest BCUT2D eigenvalue weighted by molar-refractivity contribution is 5.73. The van der Waals surface area contributed by atoms with Crippen molar-refractivity contribution >= 4 is 5.91 Å². The fourth-order valence-corrected chi connectivity index (χ4v) is 3.16. The second-order valence-electron chi connectivity index (χ2n) is 6.05. The van der Waals surface area contributed by atoms with Crippen molar-refractivity contribution in [2.24, 2.45) is 5.92 Å². The molecule has 2 heterocycles. The molecule has 1 aromatic carbocycles. The molecule has 4 nitrogen and oxygen atoms in total. The first kappa shape index (κ1) is 15.5. The van der Waals surface area contributed by atoms with Crippen molar-refractivity contribution < 1.29 is 9.53 Å². The van der Waals surface area contributed by atoms with Crippen molar-refractivity contribution in [2.75, 3.05) is 13.1 Å². The Hall–Kier alpha value is -2.36. The second kappa shape index (κ2) is 7.27. The maximum Gasteiger partial charge on any atom is 0.219 e. The Morgan fingerprint density at radius 3 is 2.78 bits per heavy atom. The number of nitrogens with zero attached hydrogens (tertiary/aromatic N) is 2. The van der Waals surface area contributed by atoms with Gasteiger partial charge in [0, 0.05) is 38.5 Å². The highest BCUT2D eigenvalue weighted by Gasteiger charge is 2.32. The van der Waals surface area contributed by atoms with Gasteiger partial charge in [0.15, 0.2) is 0 Å². The van der Waals surface area contributed by atoms with Crippen molar-refractivity contribution in [3.05, 3.63) is 60.4 Å². The van der Waals surface area contributed by atoms with E-state index in [1.165, 1.54) is 5.56 Å². The van der Waals surface area contributed by atoms with Crippen LogP contribution in [0.5, 0.6) is 5.75 Å². The molecular weight excluding hydrogens is 288 g/mol. The largest absolute Gasteiger partial charge is 0.488 e. The number of amides is 1. The summed E-state index contributed by atoms with van der Waals surface area (Å²) in [5, 5.41) is 0. The summed E-state index contributed by atoms with van der Waals surface area (Å²) in [7, 11) is 0. The third kappa shape index (κ3) is 4.09. The molecule has 0 aliphatic carbocycles. The minimum absolute atomic E-state index is 0.106. The van der Waals surface area contributed by atoms with Gasteiger partial charge in [-0.25, -0.2) is 0 Å². The number of carbonyl (C=O) groups is 1. The van der Waals surface area contributed by atoms with Gasteiger partial charge in [-0.2, -0.15) is 0 Å². The van der Waals surface area contributed by atoms with Crippen LogP contribution in [0.15, 0.2) is 54.9 Å². The van der Waals surface area contributed by atoms with E-state index in [1.807, 2.05) is 23.1 Å². The normalized spacial score (nSPS) is 21.0. The van der Waals surface area contributed by atoms with Gasteiger partial charge in [0.05, 0.1) is 6.20 Å². The SMILES string of the molecule is CC(=O)N1CC[C@H](Oc2cccnc2)[C@H](Cc2ccccc2)C1. The zero-order valence-corrected chi connectivity index (χ0v) is 13.4. The molecule has 4 heteroatoms. The van der Waals surface area contributed by atoms with Gasteiger partial charge >= 0.3 is 0 Å². The van der Waals surface area contributed by atoms with Crippen LogP contribution in [0.2, 0.25) is 0 Å². The van der Waals surface area contributed by atoms with Crippen LogP contribution in [0.1, 0.15) is 18.9 Å². The third-order valence-electron chi connectivity index (χ3n) is 4.37. The van der Waals surface area contributed by atoms with Gasteiger partial charge in [0.2, 0.25) is 5.91 Å². The number of piperidine rings is 1. The van der Waals surface area contributed by atoms with Gasteiger partial charge in [0.25, 0.3) is 0 Å². The number of rotatable bonds is 4. The van der Waals surface area contributed by atoms with Crippen LogP contribution in [0.4, 0.5) is 0 Å². The number of hydrogen-bond donors (Lipinski definition) is 0. The Morgan fingerprint density at radius 2 is 2.09 bits per heavy atom. The van der Waals surface area contributed by atoms with E-state index in [0.29, 0.717) is 0 Å². The third-order valence-corrected chi connectivity index (χ3v) is 4.37. The molecule has 0 bridgehead atoms. The number of carbonyl (C=O) groups excluding carboxylic acids is 1. The molecule has 1 fully saturated rings. The lowest BCUT2D eigenvalue weighted by molar-refractivity contribution is -0.132. The van der Waals surface area contributed by atoms with Gasteiger partial charge < -0.3 is 9.64 Å². The number of pyridine rings is 1. The van der Waals surface area contributed by atoms with E-state index in [1.54, 1.807) is 19.3 Å². The monoisotopic (exact) mass is 310 g/mol. The van der Waals surface area contributed by atoms with Crippen molar-refractivity contribution in [3.63, 3.8) is 0 Å². The molecule has 3 rings (SSSR count). The lowest BCUT2D eigenvalue weighted by Crippen LogP contribution is -2.48. The molecule has 0 unspecified atom stereocenters. The van der Waals surface area contributed by atoms with E-state index < -0.39 is 0 Å². The molecule has 1 amide bonds. The van der Waals surface area contributed by atoms with Crippen molar-refractivity contribution in [2.45, 2.75) is 25.9 Å². The van der Waals surface area contributed by atoms with Gasteiger partial charge in [-0.1, -0.05) is 30.3 Å². The summed E-state index contributed by atoms with van der Waals surface area (Å²) in [5.41, 5.74) is 1.28. The van der Waals surface area contributed by atoms with Crippen LogP contribution in [-0.4, -0.2) is 35.0 Å². The topological polar surface area (TPSA) is 42.4 Å². The number of benzene rings is 1. The molecule has 0 saturated carbocycles. The Labute approximate surface area is 137 Å². The van der Waals surface area contributed by atoms with E-state index in [4.69, 9.17) is 4.74 Å². The Morgan fingerprint density at radius 1 is 1.26 bits per heavy atom. The molecule has 0 spiro atoms. The smallest absolute Gasteiger partial charge is 0.219 e. The van der Waals surface area contributed by atoms with E-state index in [9.17, 15) is 4.79 Å². The van der Waals surface area contributed by atoms with Gasteiger partial charge in [-0.15, -0.1) is 0 Å². The highest BCUT2D eigenvalue weighted by atomic mass is 16.5. The maximum absolute atomic E-state index is 11.7. The van der Waals surface area contributed by atoms with Crippen LogP contribution in [-0.2, 0) is 11.2 Å². The standard InChI is InChI=1S/C19H22N2O2/c1-15(22)21-11-9-19(23-18-8-5-10-20-13-18)17(14-21)12-16-6-3-2-4-7-16/h2-8,10,13,17,19H,9,11-12,14H2,1H3/t17-,19+/m1/s1. The summed E-state index contributed by atoms with van der Waals surface area (Å²) in [5.74, 6) is 1.23. The van der Waals surface area contributed by atoms with Crippen molar-refractivity contribution in [3.8, 4) is 5.75 Å². The van der Waals surface area contributed by atoms with Crippen molar-refractivity contribution in [1.82, 2.24) is 9.88 Å². The Kier molecular flexibility index (Phi) is 4.91. The minimum atomic E-state index is 0.106. The molecular formula is C19H22N2O2. The summed E-state index contributed by atoms with van der Waals surface area (Å²) in [6, 6.07) is 14.2. The van der Waals surface area contributed by atoms with E-state index in [-0.39, 0.29) is 17.9 Å². The molecule has 23 heavy (non-hydrogen) atoms. The molecule has 1 aliphatic rings. The summed E-state index contributed by atoms with van der Waals surface area (Å²) < 4.78 is 6.17. The van der Waals surface area contributed by atoms with Gasteiger partial charge in [-0.05, 0) is 24.1 Å². The Balaban J connectivity index is 1.74. The first-order chi connectivity index (χ1) is 11.2. The average molecular weight is 310 g/mol. The quantitative estimate of drug-likeness (QED) is 0.872. The molecule has 1 aliphatic heterocycles. The average Bonchev–Trinajstić information content (AvgIpc) is 2.58. The number of likely N-dealkylation sites (tertiary alicyclic amines) is 1. The highest BCUT2D eigenvalue weighted by Crippen LogP contribution is 2.26. The van der Waals surface area contributed by atoms with E-state index >= 15 is 0 Å². The number of aromatic nitrogens is 1. The zero-order chi connectivity index (χ0) is 16.1. The lowest BCUT2D eigenvalue weighted by atomic mass is 9.88. The van der Waals surface area contributed by atoms with Gasteiger partial charge in [0.1, 0.15) is 11.9 Å². The maximum atomic E-state index is 11.7. The molecule has 1 saturated heterocycles. The molecule has 2 atom stereocenters. The fourth-order valence-electron chi connectivity index (χ4n) is 3.16. The van der Waals surface area contributed by atoms with Crippen LogP contribution < -0.4 is 4.74 Å². The summed E-state index contributed by atoms with van der Waals surface area (Å²) >= 11 is 0. The predicted octanol–water partition coefficient (Wildman–Crippen LogP) is 2.94. The van der Waals surface area contributed by atoms with Crippen LogP contribution in [0, 0.1) is 5.92 Å². The number of hydrogen-bond acceptors (Lipinski definition) is 3. The molecule has 0 radical (unpaired) electrons. The van der Waals surface area contributed by atoms with Crippen LogP contribution in [0.3, 0.4) is 0 Å². The van der Waals surface area contributed by atoms with Crippen LogP contribution in [0.25, 0.3) is 0 Å². The first-order valence-corrected chi connectivity index (χ1v) is 8.08. The van der Waals surface area contributed by atoms with Crippen LogP contribution >= 0.6 is 0 Å². The predicted molar refractivity (Wildman–Crippen MR) is 89.2 cm³/mol. The lowest BCUT2D eigenvalue weighted by Gasteiger charge is -2.38. The zero-order valence-electron chi connectivity index (χ0n) is 13.4. The fraction of sp³-hybridized carbons (Fsp3) is 0.368. The second-order valence-corrected chi connectivity index (χ2v) is 6.05. The van der Waals surface area contributed by atoms with Gasteiger partial charge in [-0.3, -0.25) is 9.78 Å². The number of ether oxygens (including phenoxy) is 1. The Bertz CT molecular complexity index is 630. The minimum Gasteiger partial charge on any atom is -0.488 e. The summed E-state index contributed by atoms with van der Waals surface area (Å²) in [6.07, 6.45) is 5.36. The molecule has 120 valence electrons. The first-order valence-electron chi connectivity index (χ1n) is 8.08. The van der Waals surface area contributed by atoms with E-state index in [0.717, 1.165) is 31.7 Å². The van der Waals surface area contributed by atoms with Crippen molar-refractivity contribution in [1.29, 1.82) is 0 Å². The molecule has 1 aromatic heterocycles. The molecule has 2 aromatic rings. The van der Waals surface area contributed by atoms with E-state index in [2.05, 4.69) is 29.2 Å².